The second kappa shape index (κ2) is 5.45. The first kappa shape index (κ1) is 14.7. The Balaban J connectivity index is 1.83. The van der Waals surface area contributed by atoms with Crippen molar-refractivity contribution >= 4 is 16.7 Å². The molecule has 0 bridgehead atoms. The van der Waals surface area contributed by atoms with E-state index < -0.39 is 0 Å². The smallest absolute Gasteiger partial charge is 0.183 e. The average molecular weight is 341 g/mol. The van der Waals surface area contributed by atoms with Gasteiger partial charge in [-0.15, -0.1) is 5.10 Å². The molecule has 0 N–H and O–H groups in total. The van der Waals surface area contributed by atoms with Crippen LogP contribution in [-0.4, -0.2) is 34.1 Å². The van der Waals surface area contributed by atoms with Crippen molar-refractivity contribution in [3.63, 3.8) is 0 Å². The largest absolute Gasteiger partial charge is 0.282 e. The number of nitrogens with zero attached hydrogens (tertiary/aromatic N) is 7. The number of aromatic nitrogens is 7. The van der Waals surface area contributed by atoms with Crippen molar-refractivity contribution in [1.29, 1.82) is 0 Å². The molecule has 0 saturated carbocycles. The van der Waals surface area contributed by atoms with Gasteiger partial charge in [-0.05, 0) is 43.7 Å². The summed E-state index contributed by atoms with van der Waals surface area (Å²) in [4.78, 5) is 18.0. The van der Waals surface area contributed by atoms with E-state index in [-0.39, 0.29) is 0 Å². The van der Waals surface area contributed by atoms with Gasteiger partial charge in [0.2, 0.25) is 0 Å². The van der Waals surface area contributed by atoms with Crippen LogP contribution in [0.15, 0.2) is 55.2 Å². The van der Waals surface area contributed by atoms with E-state index in [1.54, 1.807) is 29.4 Å². The molecule has 0 unspecified atom stereocenters. The topological polar surface area (TPSA) is 73.8 Å². The predicted octanol–water partition coefficient (Wildman–Crippen LogP) is 3.14. The van der Waals surface area contributed by atoms with Gasteiger partial charge < -0.3 is 0 Å². The van der Waals surface area contributed by atoms with Gasteiger partial charge in [0.15, 0.2) is 17.1 Å². The summed E-state index contributed by atoms with van der Waals surface area (Å²) in [6, 6.07) is 9.68. The summed E-state index contributed by atoms with van der Waals surface area (Å²) >= 11 is 0. The predicted molar refractivity (Wildman–Crippen MR) is 98.1 cm³/mol. The van der Waals surface area contributed by atoms with Crippen molar-refractivity contribution in [2.75, 3.05) is 0 Å². The molecule has 0 saturated heterocycles. The molecule has 0 fully saturated rings. The monoisotopic (exact) mass is 341 g/mol. The standard InChI is InChI=1S/C19H15N7/c1-12-13(2)26(15-7-3-4-9-21-15)18-16(12)19-23-17(24-25(19)11-22-18)14-6-5-8-20-10-14/h3-11H,1-2H3. The number of hydrogen-bond acceptors (Lipinski definition) is 5. The molecule has 126 valence electrons. The molecule has 7 nitrogen and oxygen atoms in total. The van der Waals surface area contributed by atoms with Crippen molar-refractivity contribution in [3.05, 3.63) is 66.5 Å². The summed E-state index contributed by atoms with van der Waals surface area (Å²) in [5, 5.41) is 5.55. The fraction of sp³-hybridized carbons (Fsp3) is 0.105. The van der Waals surface area contributed by atoms with E-state index in [1.165, 1.54) is 0 Å². The van der Waals surface area contributed by atoms with Crippen LogP contribution in [0.3, 0.4) is 0 Å². The molecule has 5 aromatic heterocycles. The molecular formula is C19H15N7. The van der Waals surface area contributed by atoms with E-state index in [0.717, 1.165) is 39.3 Å². The molecule has 5 heterocycles. The van der Waals surface area contributed by atoms with Crippen molar-refractivity contribution in [1.82, 2.24) is 34.1 Å². The van der Waals surface area contributed by atoms with Crippen LogP contribution in [0.2, 0.25) is 0 Å². The third kappa shape index (κ3) is 2.03. The highest BCUT2D eigenvalue weighted by molar-refractivity contribution is 5.95. The Morgan fingerprint density at radius 3 is 2.62 bits per heavy atom. The first-order valence-electron chi connectivity index (χ1n) is 8.29. The summed E-state index contributed by atoms with van der Waals surface area (Å²) in [5.74, 6) is 1.47. The maximum absolute atomic E-state index is 4.76. The van der Waals surface area contributed by atoms with Gasteiger partial charge in [0.1, 0.15) is 12.1 Å². The second-order valence-corrected chi connectivity index (χ2v) is 6.12. The van der Waals surface area contributed by atoms with E-state index in [0.29, 0.717) is 5.82 Å². The van der Waals surface area contributed by atoms with Crippen LogP contribution in [0.5, 0.6) is 0 Å². The van der Waals surface area contributed by atoms with Gasteiger partial charge in [0, 0.05) is 29.8 Å². The van der Waals surface area contributed by atoms with Gasteiger partial charge in [0.25, 0.3) is 0 Å². The number of fused-ring (bicyclic) bond motifs is 3. The molecular weight excluding hydrogens is 326 g/mol. The van der Waals surface area contributed by atoms with Crippen LogP contribution in [0.1, 0.15) is 11.3 Å². The van der Waals surface area contributed by atoms with Crippen LogP contribution >= 0.6 is 0 Å². The zero-order chi connectivity index (χ0) is 17.7. The average Bonchev–Trinajstić information content (AvgIpc) is 3.23. The number of hydrogen-bond donors (Lipinski definition) is 0. The summed E-state index contributed by atoms with van der Waals surface area (Å²) in [6.07, 6.45) is 6.98. The molecule has 5 rings (SSSR count). The Kier molecular flexibility index (Phi) is 3.08. The Bertz CT molecular complexity index is 1240. The quantitative estimate of drug-likeness (QED) is 0.493. The molecule has 26 heavy (non-hydrogen) atoms. The third-order valence-electron chi connectivity index (χ3n) is 4.63. The molecule has 0 aliphatic rings. The van der Waals surface area contributed by atoms with Gasteiger partial charge in [-0.1, -0.05) is 6.07 Å². The lowest BCUT2D eigenvalue weighted by molar-refractivity contribution is 0.919. The van der Waals surface area contributed by atoms with E-state index in [1.807, 2.05) is 30.3 Å². The molecule has 0 aliphatic heterocycles. The summed E-state index contributed by atoms with van der Waals surface area (Å²) in [5.41, 5.74) is 4.70. The SMILES string of the molecule is Cc1c(C)n(-c2ccccn2)c2ncn3nc(-c4cccnc4)nc3c12. The van der Waals surface area contributed by atoms with Crippen molar-refractivity contribution in [2.24, 2.45) is 0 Å². The van der Waals surface area contributed by atoms with Crippen molar-refractivity contribution in [3.8, 4) is 17.2 Å². The molecule has 7 heteroatoms. The number of pyridine rings is 2. The third-order valence-corrected chi connectivity index (χ3v) is 4.63. The highest BCUT2D eigenvalue weighted by atomic mass is 15.3. The fourth-order valence-corrected chi connectivity index (χ4v) is 3.24. The fourth-order valence-electron chi connectivity index (χ4n) is 3.24. The molecule has 0 amide bonds. The maximum Gasteiger partial charge on any atom is 0.183 e. The van der Waals surface area contributed by atoms with E-state index in [4.69, 9.17) is 4.98 Å². The minimum Gasteiger partial charge on any atom is -0.282 e. The van der Waals surface area contributed by atoms with Gasteiger partial charge in [-0.25, -0.2) is 19.5 Å². The second-order valence-electron chi connectivity index (χ2n) is 6.12. The maximum atomic E-state index is 4.76. The van der Waals surface area contributed by atoms with Gasteiger partial charge in [0.05, 0.1) is 5.39 Å². The zero-order valence-electron chi connectivity index (χ0n) is 14.3. The van der Waals surface area contributed by atoms with Gasteiger partial charge in [-0.3, -0.25) is 9.55 Å². The molecule has 0 aromatic carbocycles. The Labute approximate surface area is 149 Å². The number of aryl methyl sites for hydroxylation is 1. The number of rotatable bonds is 2. The molecule has 0 atom stereocenters. The highest BCUT2D eigenvalue weighted by Gasteiger charge is 2.19. The molecule has 5 aromatic rings. The normalized spacial score (nSPS) is 11.5. The molecule has 0 spiro atoms. The Hall–Kier alpha value is -3.61. The van der Waals surface area contributed by atoms with E-state index >= 15 is 0 Å². The molecule has 0 radical (unpaired) electrons. The van der Waals surface area contributed by atoms with E-state index in [2.05, 4.69) is 38.5 Å². The Morgan fingerprint density at radius 1 is 0.923 bits per heavy atom. The lowest BCUT2D eigenvalue weighted by Crippen LogP contribution is -2.01. The lowest BCUT2D eigenvalue weighted by Gasteiger charge is -2.05. The van der Waals surface area contributed by atoms with Gasteiger partial charge >= 0.3 is 0 Å². The van der Waals surface area contributed by atoms with Crippen LogP contribution in [0.25, 0.3) is 33.9 Å². The zero-order valence-corrected chi connectivity index (χ0v) is 14.3. The van der Waals surface area contributed by atoms with Crippen LogP contribution in [0.4, 0.5) is 0 Å². The minimum absolute atomic E-state index is 0.634. The van der Waals surface area contributed by atoms with Crippen molar-refractivity contribution in [2.45, 2.75) is 13.8 Å². The summed E-state index contributed by atoms with van der Waals surface area (Å²) in [6.45, 7) is 4.15. The summed E-state index contributed by atoms with van der Waals surface area (Å²) < 4.78 is 3.78. The van der Waals surface area contributed by atoms with Gasteiger partial charge in [-0.2, -0.15) is 0 Å². The van der Waals surface area contributed by atoms with Crippen LogP contribution in [0, 0.1) is 13.8 Å². The molecule has 0 aliphatic carbocycles. The lowest BCUT2D eigenvalue weighted by atomic mass is 10.2. The van der Waals surface area contributed by atoms with Crippen LogP contribution < -0.4 is 0 Å². The van der Waals surface area contributed by atoms with Crippen molar-refractivity contribution < 1.29 is 0 Å². The first-order valence-corrected chi connectivity index (χ1v) is 8.29. The Morgan fingerprint density at radius 2 is 1.85 bits per heavy atom. The highest BCUT2D eigenvalue weighted by Crippen LogP contribution is 2.29. The van der Waals surface area contributed by atoms with Crippen LogP contribution in [-0.2, 0) is 0 Å². The van der Waals surface area contributed by atoms with E-state index in [9.17, 15) is 0 Å². The first-order chi connectivity index (χ1) is 12.7. The summed E-state index contributed by atoms with van der Waals surface area (Å²) in [7, 11) is 0. The minimum atomic E-state index is 0.634.